The Morgan fingerprint density at radius 3 is 0.921 bits per heavy atom. The zero-order valence-corrected chi connectivity index (χ0v) is 43.5. The molecule has 0 aliphatic carbocycles. The standard InChI is InChI=1S/C72H58F2N2/c1-43-27-44(2)32-53(31-43)55-39-63(57-35-47(5)29-48(6)36-57)71(73)67(41-55)75(59-15-11-9-12-16-59)65-25-21-51-20-24-62-66(26-22-52-19-23-61(65)69(51)70(52)62)76(60-17-13-10-14-18-60)68-42-56(54-33-45(3)28-46(4)34-54)40-64(72(68)74)58-37-49(7)30-50(8)38-58/h9-42H,1-8H3/i9D,10D,11D,12D,13D,14D,15D,16D,17D,18D. The fraction of sp³-hybridized carbons (Fsp3) is 0.111. The highest BCUT2D eigenvalue weighted by molar-refractivity contribution is 6.28. The molecule has 12 aromatic rings. The summed E-state index contributed by atoms with van der Waals surface area (Å²) >= 11 is 0. The molecule has 76 heavy (non-hydrogen) atoms. The lowest BCUT2D eigenvalue weighted by atomic mass is 9.90. The van der Waals surface area contributed by atoms with Gasteiger partial charge in [-0.3, -0.25) is 0 Å². The summed E-state index contributed by atoms with van der Waals surface area (Å²) in [5.74, 6) is -1.41. The number of anilines is 6. The summed E-state index contributed by atoms with van der Waals surface area (Å²) in [6.45, 7) is 15.7. The van der Waals surface area contributed by atoms with Crippen LogP contribution in [0.3, 0.4) is 0 Å². The summed E-state index contributed by atoms with van der Waals surface area (Å²) < 4.78 is 129. The maximum absolute atomic E-state index is 18.6. The molecule has 0 fully saturated rings. The van der Waals surface area contributed by atoms with Gasteiger partial charge in [0.05, 0.1) is 36.5 Å². The Kier molecular flexibility index (Phi) is 9.51. The third-order valence-electron chi connectivity index (χ3n) is 14.3. The van der Waals surface area contributed by atoms with Crippen LogP contribution in [0.25, 0.3) is 76.8 Å². The third-order valence-corrected chi connectivity index (χ3v) is 14.3. The van der Waals surface area contributed by atoms with E-state index in [9.17, 15) is 5.48 Å². The topological polar surface area (TPSA) is 6.48 Å². The molecule has 0 atom stereocenters. The molecule has 0 saturated heterocycles. The summed E-state index contributed by atoms with van der Waals surface area (Å²) in [5.41, 5.74) is 11.7. The number of hydrogen-bond donors (Lipinski definition) is 0. The Labute approximate surface area is 459 Å². The largest absolute Gasteiger partial charge is 0.307 e. The maximum Gasteiger partial charge on any atom is 0.155 e. The van der Waals surface area contributed by atoms with Crippen molar-refractivity contribution in [3.8, 4) is 44.5 Å². The summed E-state index contributed by atoms with van der Waals surface area (Å²) in [4.78, 5) is 2.87. The minimum absolute atomic E-state index is 0.0868. The summed E-state index contributed by atoms with van der Waals surface area (Å²) in [7, 11) is 0. The average Bonchev–Trinajstić information content (AvgIpc) is 0.737. The molecule has 0 aliphatic rings. The molecule has 0 unspecified atom stereocenters. The first-order chi connectivity index (χ1) is 40.9. The predicted molar refractivity (Wildman–Crippen MR) is 319 cm³/mol. The van der Waals surface area contributed by atoms with E-state index >= 15 is 8.78 Å². The van der Waals surface area contributed by atoms with Crippen LogP contribution in [-0.4, -0.2) is 0 Å². The van der Waals surface area contributed by atoms with Gasteiger partial charge in [-0.2, -0.15) is 0 Å². The second-order valence-corrected chi connectivity index (χ2v) is 20.4. The van der Waals surface area contributed by atoms with Gasteiger partial charge in [-0.15, -0.1) is 0 Å². The van der Waals surface area contributed by atoms with E-state index in [-0.39, 0.29) is 45.3 Å². The van der Waals surface area contributed by atoms with E-state index in [0.29, 0.717) is 54.6 Å². The van der Waals surface area contributed by atoms with Crippen LogP contribution in [0.4, 0.5) is 42.9 Å². The van der Waals surface area contributed by atoms with Gasteiger partial charge >= 0.3 is 0 Å². The average molecular weight is 999 g/mol. The first-order valence-electron chi connectivity index (χ1n) is 30.3. The lowest BCUT2D eigenvalue weighted by Crippen LogP contribution is -2.14. The van der Waals surface area contributed by atoms with E-state index in [4.69, 9.17) is 8.22 Å². The molecule has 0 spiro atoms. The van der Waals surface area contributed by atoms with Gasteiger partial charge < -0.3 is 9.80 Å². The number of hydrogen-bond acceptors (Lipinski definition) is 2. The number of halogens is 2. The molecule has 2 nitrogen and oxygen atoms in total. The van der Waals surface area contributed by atoms with Crippen LogP contribution in [-0.2, 0) is 0 Å². The Bertz CT molecular complexity index is 4420. The van der Waals surface area contributed by atoms with Crippen LogP contribution in [0.2, 0.25) is 0 Å². The quantitative estimate of drug-likeness (QED) is 0.126. The molecular weight excluding hydrogens is 931 g/mol. The molecule has 12 rings (SSSR count). The van der Waals surface area contributed by atoms with Crippen molar-refractivity contribution >= 4 is 66.4 Å². The molecule has 370 valence electrons. The molecular formula is C72H58F2N2. The highest BCUT2D eigenvalue weighted by Crippen LogP contribution is 2.51. The van der Waals surface area contributed by atoms with Crippen LogP contribution in [0.15, 0.2) is 206 Å². The van der Waals surface area contributed by atoms with E-state index in [1.54, 1.807) is 36.4 Å². The second kappa shape index (κ2) is 19.1. The van der Waals surface area contributed by atoms with Crippen LogP contribution >= 0.6 is 0 Å². The van der Waals surface area contributed by atoms with E-state index < -0.39 is 72.1 Å². The highest BCUT2D eigenvalue weighted by atomic mass is 19.1. The minimum Gasteiger partial charge on any atom is -0.307 e. The Balaban J connectivity index is 1.20. The summed E-state index contributed by atoms with van der Waals surface area (Å²) in [5, 5.41) is 3.60. The minimum atomic E-state index is -0.706. The Morgan fingerprint density at radius 2 is 0.592 bits per heavy atom. The zero-order chi connectivity index (χ0) is 61.2. The van der Waals surface area contributed by atoms with E-state index in [1.807, 2.05) is 165 Å². The first kappa shape index (κ1) is 37.8. The molecule has 0 bridgehead atoms. The fourth-order valence-electron chi connectivity index (χ4n) is 11.5. The molecule has 0 saturated carbocycles. The van der Waals surface area contributed by atoms with Gasteiger partial charge in [-0.05, 0) is 171 Å². The monoisotopic (exact) mass is 999 g/mol. The van der Waals surface area contributed by atoms with Crippen molar-refractivity contribution in [2.45, 2.75) is 55.4 Å². The third kappa shape index (κ3) is 8.74. The normalized spacial score (nSPS) is 13.4. The van der Waals surface area contributed by atoms with Crippen molar-refractivity contribution in [3.05, 3.63) is 262 Å². The lowest BCUT2D eigenvalue weighted by Gasteiger charge is -2.30. The van der Waals surface area contributed by atoms with Crippen LogP contribution in [0.5, 0.6) is 0 Å². The smallest absolute Gasteiger partial charge is 0.155 e. The molecule has 0 aromatic heterocycles. The van der Waals surface area contributed by atoms with Gasteiger partial charge in [-0.1, -0.05) is 190 Å². The Hall–Kier alpha value is -8.86. The van der Waals surface area contributed by atoms with Gasteiger partial charge in [-0.25, -0.2) is 8.78 Å². The number of nitrogens with zero attached hydrogens (tertiary/aromatic N) is 2. The molecule has 4 heteroatoms. The van der Waals surface area contributed by atoms with Crippen molar-refractivity contribution < 1.29 is 22.5 Å². The van der Waals surface area contributed by atoms with Crippen LogP contribution in [0, 0.1) is 67.0 Å². The van der Waals surface area contributed by atoms with Crippen molar-refractivity contribution in [2.24, 2.45) is 0 Å². The second-order valence-electron chi connectivity index (χ2n) is 20.4. The van der Waals surface area contributed by atoms with Gasteiger partial charge in [0.25, 0.3) is 0 Å². The number of rotatable bonds is 10. The van der Waals surface area contributed by atoms with Crippen molar-refractivity contribution in [1.82, 2.24) is 0 Å². The molecule has 0 radical (unpaired) electrons. The SMILES string of the molecule is [2H]c1c([2H])c([2H])c(N(c2cc(-c3cc(C)cc(C)c3)cc(-c3cc(C)cc(C)c3)c2F)c2ccc3ccc4c(N(c5cc(-c6cc(C)cc(C)c6)cc(-c6cc(C)cc(C)c6)c5F)c5c([2H])c([2H])c([2H])c([2H])c5[2H])ccc5ccc2c3c54)c([2H])c1[2H]. The Morgan fingerprint density at radius 1 is 0.303 bits per heavy atom. The summed E-state index contributed by atoms with van der Waals surface area (Å²) in [6, 6.07) is 39.3. The van der Waals surface area contributed by atoms with Gasteiger partial charge in [0.1, 0.15) is 0 Å². The van der Waals surface area contributed by atoms with Crippen LogP contribution < -0.4 is 9.80 Å². The van der Waals surface area contributed by atoms with E-state index in [0.717, 1.165) is 55.6 Å². The number of benzene rings is 12. The van der Waals surface area contributed by atoms with Gasteiger partial charge in [0.2, 0.25) is 0 Å². The number of aryl methyl sites for hydroxylation is 8. The lowest BCUT2D eigenvalue weighted by molar-refractivity contribution is 0.632. The molecule has 0 heterocycles. The van der Waals surface area contributed by atoms with Crippen molar-refractivity contribution in [3.63, 3.8) is 0 Å². The molecule has 0 amide bonds. The van der Waals surface area contributed by atoms with E-state index in [1.165, 1.54) is 9.80 Å². The molecule has 0 N–H and O–H groups in total. The molecule has 0 aliphatic heterocycles. The molecule has 12 aromatic carbocycles. The van der Waals surface area contributed by atoms with Crippen LogP contribution in [0.1, 0.15) is 58.2 Å². The van der Waals surface area contributed by atoms with Crippen molar-refractivity contribution in [1.29, 1.82) is 0 Å². The van der Waals surface area contributed by atoms with Crippen molar-refractivity contribution in [2.75, 3.05) is 9.80 Å². The van der Waals surface area contributed by atoms with Gasteiger partial charge in [0.15, 0.2) is 11.6 Å². The first-order valence-corrected chi connectivity index (χ1v) is 25.3. The fourth-order valence-corrected chi connectivity index (χ4v) is 11.5. The summed E-state index contributed by atoms with van der Waals surface area (Å²) in [6.07, 6.45) is 0. The van der Waals surface area contributed by atoms with E-state index in [2.05, 4.69) is 0 Å². The maximum atomic E-state index is 18.6. The highest BCUT2D eigenvalue weighted by Gasteiger charge is 2.28. The predicted octanol–water partition coefficient (Wildman–Crippen LogP) is 20.9. The van der Waals surface area contributed by atoms with Gasteiger partial charge in [0, 0.05) is 33.3 Å². The number of para-hydroxylation sites is 2. The zero-order valence-electron chi connectivity index (χ0n) is 53.5.